The molecule has 0 aliphatic heterocycles. The van der Waals surface area contributed by atoms with Crippen LogP contribution in [0, 0.1) is 0 Å². The Labute approximate surface area is 91.4 Å². The molecule has 2 aromatic rings. The number of hydrogen-bond acceptors (Lipinski definition) is 3. The molecule has 0 aliphatic carbocycles. The van der Waals surface area contributed by atoms with Gasteiger partial charge in [-0.05, 0) is 12.1 Å². The van der Waals surface area contributed by atoms with E-state index in [1.54, 1.807) is 24.3 Å². The number of rotatable bonds is 1. The third kappa shape index (κ3) is 2.14. The Morgan fingerprint density at radius 2 is 1.94 bits per heavy atom. The van der Waals surface area contributed by atoms with Crippen LogP contribution in [0.5, 0.6) is 0 Å². The van der Waals surface area contributed by atoms with Gasteiger partial charge >= 0.3 is 6.03 Å². The van der Waals surface area contributed by atoms with Crippen LogP contribution in [0.3, 0.4) is 0 Å². The maximum absolute atomic E-state index is 11.6. The third-order valence-corrected chi connectivity index (χ3v) is 1.97. The Morgan fingerprint density at radius 1 is 1.19 bits per heavy atom. The van der Waals surface area contributed by atoms with E-state index in [0.717, 1.165) is 4.57 Å². The van der Waals surface area contributed by atoms with Gasteiger partial charge in [-0.2, -0.15) is 0 Å². The van der Waals surface area contributed by atoms with E-state index in [-0.39, 0.29) is 0 Å². The SMILES string of the molecule is O=C(Nc1ccccc1)n1cnccc1=O. The molecule has 0 saturated carbocycles. The largest absolute Gasteiger partial charge is 0.334 e. The van der Waals surface area contributed by atoms with E-state index in [0.29, 0.717) is 5.69 Å². The molecule has 16 heavy (non-hydrogen) atoms. The summed E-state index contributed by atoms with van der Waals surface area (Å²) in [5, 5.41) is 2.58. The number of aromatic nitrogens is 2. The van der Waals surface area contributed by atoms with Crippen LogP contribution in [0.2, 0.25) is 0 Å². The van der Waals surface area contributed by atoms with Crippen LogP contribution in [0.1, 0.15) is 0 Å². The predicted molar refractivity (Wildman–Crippen MR) is 59.4 cm³/mol. The van der Waals surface area contributed by atoms with Gasteiger partial charge in [-0.15, -0.1) is 0 Å². The van der Waals surface area contributed by atoms with Gasteiger partial charge < -0.3 is 5.32 Å². The summed E-state index contributed by atoms with van der Waals surface area (Å²) in [5.41, 5.74) is 0.215. The molecule has 0 spiro atoms. The first-order valence-electron chi connectivity index (χ1n) is 4.66. The second-order valence-electron chi connectivity index (χ2n) is 3.08. The number of carbonyl (C=O) groups excluding carboxylic acids is 1. The van der Waals surface area contributed by atoms with Crippen molar-refractivity contribution in [3.8, 4) is 0 Å². The van der Waals surface area contributed by atoms with Crippen molar-refractivity contribution in [1.82, 2.24) is 9.55 Å². The maximum Gasteiger partial charge on any atom is 0.334 e. The zero-order chi connectivity index (χ0) is 11.4. The van der Waals surface area contributed by atoms with Gasteiger partial charge in [-0.1, -0.05) is 18.2 Å². The van der Waals surface area contributed by atoms with Crippen molar-refractivity contribution in [3.05, 3.63) is 59.3 Å². The number of nitrogens with zero attached hydrogens (tertiary/aromatic N) is 2. The lowest BCUT2D eigenvalue weighted by molar-refractivity contribution is 0.252. The molecule has 2 rings (SSSR count). The van der Waals surface area contributed by atoms with Gasteiger partial charge in [-0.3, -0.25) is 4.79 Å². The highest BCUT2D eigenvalue weighted by molar-refractivity contribution is 5.90. The van der Waals surface area contributed by atoms with Crippen LogP contribution in [-0.2, 0) is 0 Å². The molecular formula is C11H9N3O2. The fourth-order valence-corrected chi connectivity index (χ4v) is 1.21. The van der Waals surface area contributed by atoms with Gasteiger partial charge in [0.2, 0.25) is 0 Å². The van der Waals surface area contributed by atoms with Crippen molar-refractivity contribution >= 4 is 11.7 Å². The standard InChI is InChI=1S/C11H9N3O2/c15-10-6-7-12-8-14(10)11(16)13-9-4-2-1-3-5-9/h1-8H,(H,13,16). The molecule has 0 radical (unpaired) electrons. The highest BCUT2D eigenvalue weighted by Gasteiger charge is 2.05. The number of anilines is 1. The normalized spacial score (nSPS) is 9.75. The summed E-state index contributed by atoms with van der Waals surface area (Å²) in [6.45, 7) is 0. The molecule has 1 aromatic heterocycles. The van der Waals surface area contributed by atoms with E-state index >= 15 is 0 Å². The minimum Gasteiger partial charge on any atom is -0.307 e. The van der Waals surface area contributed by atoms with Crippen molar-refractivity contribution in [3.63, 3.8) is 0 Å². The first-order chi connectivity index (χ1) is 7.77. The molecule has 1 heterocycles. The molecule has 0 saturated heterocycles. The Balaban J connectivity index is 2.22. The molecule has 1 aromatic carbocycles. The quantitative estimate of drug-likeness (QED) is 0.780. The van der Waals surface area contributed by atoms with Gasteiger partial charge in [-0.25, -0.2) is 14.3 Å². The highest BCUT2D eigenvalue weighted by atomic mass is 16.2. The van der Waals surface area contributed by atoms with E-state index in [4.69, 9.17) is 0 Å². The van der Waals surface area contributed by atoms with Gasteiger partial charge in [0.25, 0.3) is 5.56 Å². The lowest BCUT2D eigenvalue weighted by Crippen LogP contribution is -2.30. The second-order valence-corrected chi connectivity index (χ2v) is 3.08. The summed E-state index contributed by atoms with van der Waals surface area (Å²) in [7, 11) is 0. The van der Waals surface area contributed by atoms with E-state index in [2.05, 4.69) is 10.3 Å². The van der Waals surface area contributed by atoms with Crippen molar-refractivity contribution in [2.75, 3.05) is 5.32 Å². The van der Waals surface area contributed by atoms with Gasteiger partial charge in [0.1, 0.15) is 6.33 Å². The third-order valence-electron chi connectivity index (χ3n) is 1.97. The Hall–Kier alpha value is -2.43. The Morgan fingerprint density at radius 3 is 2.62 bits per heavy atom. The first-order valence-corrected chi connectivity index (χ1v) is 4.66. The minimum atomic E-state index is -0.524. The lowest BCUT2D eigenvalue weighted by Gasteiger charge is -2.05. The summed E-state index contributed by atoms with van der Waals surface area (Å²) in [4.78, 5) is 26.7. The van der Waals surface area contributed by atoms with E-state index in [1.807, 2.05) is 6.07 Å². The molecular weight excluding hydrogens is 206 g/mol. The molecule has 0 atom stereocenters. The Kier molecular flexibility index (Phi) is 2.77. The number of carbonyl (C=O) groups is 1. The topological polar surface area (TPSA) is 64.0 Å². The molecule has 1 N–H and O–H groups in total. The molecule has 0 bridgehead atoms. The number of para-hydroxylation sites is 1. The molecule has 0 fully saturated rings. The number of hydrogen-bond donors (Lipinski definition) is 1. The summed E-state index contributed by atoms with van der Waals surface area (Å²) in [5.74, 6) is 0. The fraction of sp³-hybridized carbons (Fsp3) is 0. The van der Waals surface area contributed by atoms with Crippen LogP contribution in [-0.4, -0.2) is 15.6 Å². The van der Waals surface area contributed by atoms with Crippen LogP contribution in [0.15, 0.2) is 53.7 Å². The summed E-state index contributed by atoms with van der Waals surface area (Å²) in [6, 6.07) is 9.60. The number of nitrogens with one attached hydrogen (secondary N) is 1. The zero-order valence-corrected chi connectivity index (χ0v) is 8.33. The van der Waals surface area contributed by atoms with Crippen LogP contribution in [0.4, 0.5) is 10.5 Å². The van der Waals surface area contributed by atoms with Crippen molar-refractivity contribution in [2.24, 2.45) is 0 Å². The summed E-state index contributed by atoms with van der Waals surface area (Å²) in [6.07, 6.45) is 2.52. The van der Waals surface area contributed by atoms with Crippen molar-refractivity contribution in [1.29, 1.82) is 0 Å². The van der Waals surface area contributed by atoms with E-state index in [9.17, 15) is 9.59 Å². The molecule has 1 amide bonds. The first kappa shape index (κ1) is 10.1. The number of amides is 1. The fourth-order valence-electron chi connectivity index (χ4n) is 1.21. The zero-order valence-electron chi connectivity index (χ0n) is 8.33. The van der Waals surface area contributed by atoms with E-state index < -0.39 is 11.6 Å². The minimum absolute atomic E-state index is 0.413. The molecule has 5 heteroatoms. The summed E-state index contributed by atoms with van der Waals surface area (Å²) < 4.78 is 0.910. The van der Waals surface area contributed by atoms with Crippen LogP contribution in [0.25, 0.3) is 0 Å². The van der Waals surface area contributed by atoms with Gasteiger partial charge in [0.15, 0.2) is 0 Å². The highest BCUT2D eigenvalue weighted by Crippen LogP contribution is 2.04. The molecule has 80 valence electrons. The van der Waals surface area contributed by atoms with Crippen molar-refractivity contribution < 1.29 is 4.79 Å². The average Bonchev–Trinajstić information content (AvgIpc) is 2.31. The van der Waals surface area contributed by atoms with Crippen LogP contribution >= 0.6 is 0 Å². The average molecular weight is 215 g/mol. The van der Waals surface area contributed by atoms with Crippen molar-refractivity contribution in [2.45, 2.75) is 0 Å². The molecule has 0 unspecified atom stereocenters. The van der Waals surface area contributed by atoms with Crippen LogP contribution < -0.4 is 10.9 Å². The monoisotopic (exact) mass is 215 g/mol. The smallest absolute Gasteiger partial charge is 0.307 e. The Bertz CT molecular complexity index is 548. The molecule has 0 aliphatic rings. The molecule has 5 nitrogen and oxygen atoms in total. The van der Waals surface area contributed by atoms with E-state index in [1.165, 1.54) is 18.6 Å². The summed E-state index contributed by atoms with van der Waals surface area (Å²) >= 11 is 0. The van der Waals surface area contributed by atoms with Gasteiger partial charge in [0, 0.05) is 18.0 Å². The van der Waals surface area contributed by atoms with Gasteiger partial charge in [0.05, 0.1) is 0 Å². The maximum atomic E-state index is 11.6. The lowest BCUT2D eigenvalue weighted by atomic mass is 10.3. The number of benzene rings is 1. The second kappa shape index (κ2) is 4.39. The predicted octanol–water partition coefficient (Wildman–Crippen LogP) is 1.32.